The highest BCUT2D eigenvalue weighted by Crippen LogP contribution is 2.16. The molecule has 1 aromatic carbocycles. The van der Waals surface area contributed by atoms with Crippen LogP contribution in [-0.4, -0.2) is 15.9 Å². The Morgan fingerprint density at radius 3 is 2.58 bits per heavy atom. The van der Waals surface area contributed by atoms with E-state index in [2.05, 4.69) is 15.3 Å². The van der Waals surface area contributed by atoms with E-state index in [1.807, 2.05) is 6.07 Å². The van der Waals surface area contributed by atoms with E-state index in [9.17, 15) is 14.0 Å². The molecule has 3 aromatic rings. The van der Waals surface area contributed by atoms with Crippen LogP contribution in [0.4, 0.5) is 4.39 Å². The zero-order valence-corrected chi connectivity index (χ0v) is 12.6. The summed E-state index contributed by atoms with van der Waals surface area (Å²) >= 11 is 0. The third-order valence-corrected chi connectivity index (χ3v) is 3.49. The number of halogens is 1. The van der Waals surface area contributed by atoms with E-state index >= 15 is 0 Å². The number of pyridine rings is 2. The van der Waals surface area contributed by atoms with Gasteiger partial charge in [0, 0.05) is 24.6 Å². The summed E-state index contributed by atoms with van der Waals surface area (Å²) in [5.41, 5.74) is 1.54. The Morgan fingerprint density at radius 1 is 1.12 bits per heavy atom. The van der Waals surface area contributed by atoms with Crippen LogP contribution < -0.4 is 10.9 Å². The van der Waals surface area contributed by atoms with Crippen molar-refractivity contribution < 1.29 is 9.18 Å². The Morgan fingerprint density at radius 2 is 1.92 bits per heavy atom. The summed E-state index contributed by atoms with van der Waals surface area (Å²) in [5.74, 6) is -0.821. The van der Waals surface area contributed by atoms with E-state index in [1.165, 1.54) is 18.2 Å². The Hall–Kier alpha value is -3.28. The number of H-pyrrole nitrogens is 1. The zero-order valence-electron chi connectivity index (χ0n) is 12.6. The van der Waals surface area contributed by atoms with Crippen LogP contribution in [0.5, 0.6) is 0 Å². The van der Waals surface area contributed by atoms with Gasteiger partial charge in [0.15, 0.2) is 0 Å². The van der Waals surface area contributed by atoms with Gasteiger partial charge in [-0.3, -0.25) is 14.6 Å². The molecule has 0 spiro atoms. The van der Waals surface area contributed by atoms with E-state index in [0.29, 0.717) is 11.3 Å². The number of rotatable bonds is 4. The van der Waals surface area contributed by atoms with Crippen molar-refractivity contribution in [1.82, 2.24) is 15.3 Å². The summed E-state index contributed by atoms with van der Waals surface area (Å²) in [6.07, 6.45) is 3.28. The van der Waals surface area contributed by atoms with Crippen LogP contribution in [0.1, 0.15) is 15.9 Å². The lowest BCUT2D eigenvalue weighted by Gasteiger charge is -2.06. The molecule has 0 atom stereocenters. The van der Waals surface area contributed by atoms with Crippen LogP contribution in [0, 0.1) is 5.82 Å². The minimum Gasteiger partial charge on any atom is -0.348 e. The maximum absolute atomic E-state index is 12.9. The number of aromatic amines is 1. The van der Waals surface area contributed by atoms with E-state index in [1.54, 1.807) is 36.7 Å². The molecule has 0 aliphatic rings. The first-order chi connectivity index (χ1) is 11.6. The van der Waals surface area contributed by atoms with Gasteiger partial charge >= 0.3 is 0 Å². The fraction of sp³-hybridized carbons (Fsp3) is 0.0556. The fourth-order valence-electron chi connectivity index (χ4n) is 2.23. The Labute approximate surface area is 137 Å². The van der Waals surface area contributed by atoms with Gasteiger partial charge in [-0.2, -0.15) is 0 Å². The van der Waals surface area contributed by atoms with Crippen molar-refractivity contribution in [3.05, 3.63) is 88.2 Å². The van der Waals surface area contributed by atoms with Gasteiger partial charge in [0.2, 0.25) is 0 Å². The van der Waals surface area contributed by atoms with Crippen molar-refractivity contribution in [3.63, 3.8) is 0 Å². The number of carbonyl (C=O) groups is 1. The lowest BCUT2D eigenvalue weighted by atomic mass is 10.1. The number of nitrogens with zero attached hydrogens (tertiary/aromatic N) is 1. The molecular weight excluding hydrogens is 309 g/mol. The molecule has 0 saturated heterocycles. The van der Waals surface area contributed by atoms with E-state index in [4.69, 9.17) is 0 Å². The third-order valence-electron chi connectivity index (χ3n) is 3.49. The van der Waals surface area contributed by atoms with E-state index in [0.717, 1.165) is 5.56 Å². The van der Waals surface area contributed by atoms with Crippen LogP contribution in [0.2, 0.25) is 0 Å². The largest absolute Gasteiger partial charge is 0.348 e. The van der Waals surface area contributed by atoms with Gasteiger partial charge in [-0.15, -0.1) is 0 Å². The van der Waals surface area contributed by atoms with E-state index in [-0.39, 0.29) is 17.9 Å². The molecule has 2 aromatic heterocycles. The van der Waals surface area contributed by atoms with Gasteiger partial charge in [-0.25, -0.2) is 4.39 Å². The topological polar surface area (TPSA) is 74.8 Å². The number of aromatic nitrogens is 2. The molecule has 120 valence electrons. The van der Waals surface area contributed by atoms with Gasteiger partial charge in [-0.1, -0.05) is 6.07 Å². The highest BCUT2D eigenvalue weighted by molar-refractivity contribution is 5.94. The van der Waals surface area contributed by atoms with Crippen molar-refractivity contribution in [2.75, 3.05) is 0 Å². The maximum atomic E-state index is 12.9. The summed E-state index contributed by atoms with van der Waals surface area (Å²) in [7, 11) is 0. The normalized spacial score (nSPS) is 10.4. The molecule has 1 amide bonds. The van der Waals surface area contributed by atoms with Gasteiger partial charge in [0.05, 0.1) is 0 Å². The average Bonchev–Trinajstić information content (AvgIpc) is 2.61. The molecule has 0 aliphatic carbocycles. The molecule has 0 fully saturated rings. The first-order valence-corrected chi connectivity index (χ1v) is 7.30. The molecule has 24 heavy (non-hydrogen) atoms. The average molecular weight is 323 g/mol. The maximum Gasteiger partial charge on any atom is 0.261 e. The second kappa shape index (κ2) is 6.87. The number of carbonyl (C=O) groups excluding carboxylic acids is 1. The lowest BCUT2D eigenvalue weighted by molar-refractivity contribution is 0.0949. The summed E-state index contributed by atoms with van der Waals surface area (Å²) in [4.78, 5) is 30.9. The molecule has 6 heteroatoms. The Balaban J connectivity index is 1.76. The predicted octanol–water partition coefficient (Wildman–Crippen LogP) is 2.51. The standard InChI is InChI=1S/C18H14FN3O2/c19-14-5-3-13(4-6-14)16-8-7-15(18(24)22-16)17(23)21-11-12-2-1-9-20-10-12/h1-10H,11H2,(H,21,23)(H,22,24). The van der Waals surface area contributed by atoms with Crippen molar-refractivity contribution in [2.45, 2.75) is 6.54 Å². The highest BCUT2D eigenvalue weighted by atomic mass is 19.1. The van der Waals surface area contributed by atoms with Crippen molar-refractivity contribution in [1.29, 1.82) is 0 Å². The lowest BCUT2D eigenvalue weighted by Crippen LogP contribution is -2.29. The van der Waals surface area contributed by atoms with Crippen molar-refractivity contribution >= 4 is 5.91 Å². The van der Waals surface area contributed by atoms with Gasteiger partial charge in [-0.05, 0) is 53.6 Å². The first kappa shape index (κ1) is 15.6. The van der Waals surface area contributed by atoms with Crippen LogP contribution in [0.15, 0.2) is 65.7 Å². The molecule has 0 unspecified atom stereocenters. The first-order valence-electron chi connectivity index (χ1n) is 7.30. The number of amides is 1. The van der Waals surface area contributed by atoms with Crippen LogP contribution >= 0.6 is 0 Å². The monoisotopic (exact) mass is 323 g/mol. The van der Waals surface area contributed by atoms with Gasteiger partial charge < -0.3 is 10.3 Å². The minimum absolute atomic E-state index is 0.0183. The number of hydrogen-bond acceptors (Lipinski definition) is 3. The summed E-state index contributed by atoms with van der Waals surface area (Å²) in [6, 6.07) is 12.4. The smallest absolute Gasteiger partial charge is 0.261 e. The molecule has 2 N–H and O–H groups in total. The van der Waals surface area contributed by atoms with Crippen molar-refractivity contribution in [2.24, 2.45) is 0 Å². The molecule has 5 nitrogen and oxygen atoms in total. The number of benzene rings is 1. The molecule has 0 saturated carbocycles. The van der Waals surface area contributed by atoms with Crippen molar-refractivity contribution in [3.8, 4) is 11.3 Å². The number of hydrogen-bond donors (Lipinski definition) is 2. The molecular formula is C18H14FN3O2. The molecule has 3 rings (SSSR count). The Bertz CT molecular complexity index is 906. The predicted molar refractivity (Wildman–Crippen MR) is 87.9 cm³/mol. The second-order valence-corrected chi connectivity index (χ2v) is 5.17. The summed E-state index contributed by atoms with van der Waals surface area (Å²) in [5, 5.41) is 2.67. The molecule has 0 bridgehead atoms. The third kappa shape index (κ3) is 3.55. The molecule has 2 heterocycles. The quantitative estimate of drug-likeness (QED) is 0.775. The summed E-state index contributed by atoms with van der Waals surface area (Å²) < 4.78 is 12.9. The summed E-state index contributed by atoms with van der Waals surface area (Å²) in [6.45, 7) is 0.284. The second-order valence-electron chi connectivity index (χ2n) is 5.17. The highest BCUT2D eigenvalue weighted by Gasteiger charge is 2.11. The zero-order chi connectivity index (χ0) is 16.9. The molecule has 0 radical (unpaired) electrons. The van der Waals surface area contributed by atoms with Gasteiger partial charge in [0.25, 0.3) is 11.5 Å². The minimum atomic E-state index is -0.500. The van der Waals surface area contributed by atoms with E-state index < -0.39 is 11.5 Å². The molecule has 0 aliphatic heterocycles. The van der Waals surface area contributed by atoms with Crippen LogP contribution in [0.25, 0.3) is 11.3 Å². The fourth-order valence-corrected chi connectivity index (χ4v) is 2.23. The SMILES string of the molecule is O=C(NCc1cccnc1)c1ccc(-c2ccc(F)cc2)[nH]c1=O. The Kier molecular flexibility index (Phi) is 4.47. The number of nitrogens with one attached hydrogen (secondary N) is 2. The van der Waals surface area contributed by atoms with Crippen LogP contribution in [-0.2, 0) is 6.54 Å². The van der Waals surface area contributed by atoms with Gasteiger partial charge in [0.1, 0.15) is 11.4 Å². The van der Waals surface area contributed by atoms with Crippen LogP contribution in [0.3, 0.4) is 0 Å².